The third kappa shape index (κ3) is 9.25. The van der Waals surface area contributed by atoms with Crippen molar-refractivity contribution in [3.8, 4) is 22.6 Å². The summed E-state index contributed by atoms with van der Waals surface area (Å²) in [7, 11) is 0.761. The first kappa shape index (κ1) is 29.4. The van der Waals surface area contributed by atoms with Gasteiger partial charge in [0, 0.05) is 14.3 Å². The van der Waals surface area contributed by atoms with Gasteiger partial charge in [0.15, 0.2) is 0 Å². The number of alkyl halides is 2. The molecule has 0 spiro atoms. The van der Waals surface area contributed by atoms with Crippen LogP contribution in [0, 0.1) is 5.92 Å². The second-order valence-corrected chi connectivity index (χ2v) is 12.4. The SMILES string of the molecule is C1CC1.COc1ccc(-c2ccnc(C(F)F)c2)c(C2CCC(COc3cccc(CCP(C)O)c3)CC2)c1. The molecule has 39 heavy (non-hydrogen) atoms. The fraction of sp³-hybridized carbons (Fsp3) is 0.469. The molecule has 0 amide bonds. The van der Waals surface area contributed by atoms with Gasteiger partial charge in [-0.25, -0.2) is 8.78 Å². The minimum absolute atomic E-state index is 0.203. The lowest BCUT2D eigenvalue weighted by molar-refractivity contribution is 0.146. The molecule has 0 saturated heterocycles. The maximum atomic E-state index is 13.3. The van der Waals surface area contributed by atoms with Crippen LogP contribution in [-0.4, -0.2) is 36.4 Å². The summed E-state index contributed by atoms with van der Waals surface area (Å²) in [4.78, 5) is 13.4. The quantitative estimate of drug-likeness (QED) is 0.254. The Balaban J connectivity index is 0.00000110. The lowest BCUT2D eigenvalue weighted by Gasteiger charge is -2.30. The summed E-state index contributed by atoms with van der Waals surface area (Å²) >= 11 is 0. The van der Waals surface area contributed by atoms with Crippen molar-refractivity contribution >= 4 is 8.15 Å². The van der Waals surface area contributed by atoms with Crippen LogP contribution >= 0.6 is 8.15 Å². The van der Waals surface area contributed by atoms with Crippen molar-refractivity contribution in [1.82, 2.24) is 4.98 Å². The van der Waals surface area contributed by atoms with E-state index in [1.54, 1.807) is 13.2 Å². The molecule has 0 bridgehead atoms. The van der Waals surface area contributed by atoms with Crippen LogP contribution in [0.25, 0.3) is 11.1 Å². The molecule has 5 rings (SSSR count). The molecule has 2 aromatic carbocycles. The predicted molar refractivity (Wildman–Crippen MR) is 155 cm³/mol. The number of ether oxygens (including phenoxy) is 2. The first-order chi connectivity index (χ1) is 18.9. The second-order valence-electron chi connectivity index (χ2n) is 10.6. The van der Waals surface area contributed by atoms with Crippen LogP contribution in [0.15, 0.2) is 60.8 Å². The van der Waals surface area contributed by atoms with Crippen LogP contribution in [-0.2, 0) is 6.42 Å². The summed E-state index contributed by atoms with van der Waals surface area (Å²) in [6, 6.07) is 17.4. The number of methoxy groups -OCH3 is 1. The number of pyridine rings is 1. The van der Waals surface area contributed by atoms with Crippen LogP contribution in [0.4, 0.5) is 8.78 Å². The van der Waals surface area contributed by atoms with E-state index in [1.807, 2.05) is 30.9 Å². The van der Waals surface area contributed by atoms with Crippen LogP contribution in [0.1, 0.15) is 74.1 Å². The molecule has 210 valence electrons. The number of rotatable bonds is 10. The van der Waals surface area contributed by atoms with Crippen LogP contribution < -0.4 is 9.47 Å². The second kappa shape index (κ2) is 14.7. The highest BCUT2D eigenvalue weighted by atomic mass is 31.1. The van der Waals surface area contributed by atoms with E-state index >= 15 is 0 Å². The van der Waals surface area contributed by atoms with Crippen molar-refractivity contribution in [3.05, 3.63) is 77.6 Å². The van der Waals surface area contributed by atoms with Gasteiger partial charge in [-0.3, -0.25) is 4.98 Å². The van der Waals surface area contributed by atoms with Gasteiger partial charge in [-0.05, 0) is 115 Å². The van der Waals surface area contributed by atoms with E-state index in [4.69, 9.17) is 9.47 Å². The number of halogens is 2. The monoisotopic (exact) mass is 555 g/mol. The van der Waals surface area contributed by atoms with Crippen molar-refractivity contribution in [2.75, 3.05) is 26.5 Å². The molecule has 7 heteroatoms. The first-order valence-corrected chi connectivity index (χ1v) is 15.9. The van der Waals surface area contributed by atoms with E-state index in [-0.39, 0.29) is 5.69 Å². The molecule has 2 aliphatic carbocycles. The van der Waals surface area contributed by atoms with E-state index in [0.717, 1.165) is 66.5 Å². The van der Waals surface area contributed by atoms with E-state index in [2.05, 4.69) is 23.2 Å². The molecule has 2 saturated carbocycles. The summed E-state index contributed by atoms with van der Waals surface area (Å²) in [5.41, 5.74) is 3.87. The van der Waals surface area contributed by atoms with Crippen molar-refractivity contribution in [2.24, 2.45) is 5.92 Å². The zero-order valence-corrected chi connectivity index (χ0v) is 23.9. The Hall–Kier alpha value is -2.56. The fourth-order valence-electron chi connectivity index (χ4n) is 4.94. The molecule has 2 fully saturated rings. The predicted octanol–water partition coefficient (Wildman–Crippen LogP) is 8.78. The number of benzene rings is 2. The summed E-state index contributed by atoms with van der Waals surface area (Å²) in [6.07, 6.45) is 9.14. The molecule has 1 unspecified atom stereocenters. The van der Waals surface area contributed by atoms with Crippen molar-refractivity contribution in [2.45, 2.75) is 63.7 Å². The van der Waals surface area contributed by atoms with Gasteiger partial charge in [0.25, 0.3) is 6.43 Å². The minimum Gasteiger partial charge on any atom is -0.497 e. The number of hydrogen-bond donors (Lipinski definition) is 1. The standard InChI is InChI=1S/C29H34F2NO3P.C3H6/c1-34-24-10-11-26(23-12-14-32-28(17-23)29(30)31)27(18-24)22-8-6-21(7-9-22)19-35-25-5-3-4-20(16-25)13-15-36(2)33;1-2-3-1/h3-5,10-12,14,16-18,21-22,29,33H,6-9,13,15,19H2,1-2H3;1-3H2. The van der Waals surface area contributed by atoms with Gasteiger partial charge >= 0.3 is 0 Å². The number of nitrogens with zero attached hydrogens (tertiary/aromatic N) is 1. The lowest BCUT2D eigenvalue weighted by atomic mass is 9.77. The van der Waals surface area contributed by atoms with Crippen molar-refractivity contribution < 1.29 is 23.1 Å². The highest BCUT2D eigenvalue weighted by Crippen LogP contribution is 2.42. The van der Waals surface area contributed by atoms with Gasteiger partial charge in [0.1, 0.15) is 17.2 Å². The zero-order chi connectivity index (χ0) is 27.6. The maximum absolute atomic E-state index is 13.3. The molecule has 4 nitrogen and oxygen atoms in total. The number of hydrogen-bond acceptors (Lipinski definition) is 4. The molecule has 1 aromatic heterocycles. The van der Waals surface area contributed by atoms with Crippen LogP contribution in [0.3, 0.4) is 0 Å². The van der Waals surface area contributed by atoms with Gasteiger partial charge in [0.2, 0.25) is 0 Å². The molecule has 0 aliphatic heterocycles. The van der Waals surface area contributed by atoms with Crippen LogP contribution in [0.5, 0.6) is 11.5 Å². The Morgan fingerprint density at radius 3 is 2.41 bits per heavy atom. The fourth-order valence-corrected chi connectivity index (χ4v) is 5.52. The van der Waals surface area contributed by atoms with Crippen molar-refractivity contribution in [3.63, 3.8) is 0 Å². The van der Waals surface area contributed by atoms with Gasteiger partial charge in [-0.1, -0.05) is 37.5 Å². The maximum Gasteiger partial charge on any atom is 0.280 e. The lowest BCUT2D eigenvalue weighted by Crippen LogP contribution is -2.19. The summed E-state index contributed by atoms with van der Waals surface area (Å²) in [6.45, 7) is 2.56. The normalized spacial score (nSPS) is 19.1. The summed E-state index contributed by atoms with van der Waals surface area (Å²) < 4.78 is 38.2. The molecule has 1 heterocycles. The first-order valence-electron chi connectivity index (χ1n) is 14.0. The average Bonchev–Trinajstić information content (AvgIpc) is 3.85. The smallest absolute Gasteiger partial charge is 0.280 e. The van der Waals surface area contributed by atoms with Gasteiger partial charge in [-0.15, -0.1) is 0 Å². The molecular formula is C32H40F2NO3P. The Kier molecular flexibility index (Phi) is 11.1. The van der Waals surface area contributed by atoms with Crippen LogP contribution in [0.2, 0.25) is 0 Å². The molecular weight excluding hydrogens is 515 g/mol. The third-order valence-corrected chi connectivity index (χ3v) is 8.19. The summed E-state index contributed by atoms with van der Waals surface area (Å²) in [5, 5.41) is 0. The highest BCUT2D eigenvalue weighted by molar-refractivity contribution is 7.50. The minimum atomic E-state index is -2.60. The Labute approximate surface area is 232 Å². The largest absolute Gasteiger partial charge is 0.497 e. The molecule has 2 aliphatic rings. The van der Waals surface area contributed by atoms with E-state index in [0.29, 0.717) is 18.4 Å². The molecule has 1 N–H and O–H groups in total. The highest BCUT2D eigenvalue weighted by Gasteiger charge is 2.26. The van der Waals surface area contributed by atoms with E-state index in [9.17, 15) is 13.7 Å². The Morgan fingerprint density at radius 1 is 0.974 bits per heavy atom. The average molecular weight is 556 g/mol. The summed E-state index contributed by atoms with van der Waals surface area (Å²) in [5.74, 6) is 2.47. The van der Waals surface area contributed by atoms with E-state index < -0.39 is 14.6 Å². The topological polar surface area (TPSA) is 51.6 Å². The molecule has 1 atom stereocenters. The Morgan fingerprint density at radius 2 is 1.74 bits per heavy atom. The van der Waals surface area contributed by atoms with Gasteiger partial charge < -0.3 is 14.4 Å². The molecule has 0 radical (unpaired) electrons. The van der Waals surface area contributed by atoms with Gasteiger partial charge in [-0.2, -0.15) is 0 Å². The van der Waals surface area contributed by atoms with E-state index in [1.165, 1.54) is 37.1 Å². The number of aromatic nitrogens is 1. The third-order valence-electron chi connectivity index (χ3n) is 7.32. The van der Waals surface area contributed by atoms with Gasteiger partial charge in [0.05, 0.1) is 13.7 Å². The zero-order valence-electron chi connectivity index (χ0n) is 23.0. The Bertz CT molecular complexity index is 1180. The van der Waals surface area contributed by atoms with Crippen molar-refractivity contribution in [1.29, 1.82) is 0 Å². The molecule has 3 aromatic rings. The number of aryl methyl sites for hydroxylation is 1.